The molecule has 2 aliphatic rings. The Kier molecular flexibility index (Phi) is 7.22. The maximum atomic E-state index is 13.4. The van der Waals surface area contributed by atoms with Crippen LogP contribution in [-0.4, -0.2) is 37.4 Å². The number of imide groups is 1. The van der Waals surface area contributed by atoms with Crippen molar-refractivity contribution >= 4 is 52.5 Å². The minimum atomic E-state index is -0.763. The highest BCUT2D eigenvalue weighted by Crippen LogP contribution is 2.41. The van der Waals surface area contributed by atoms with Crippen molar-refractivity contribution in [3.63, 3.8) is 0 Å². The summed E-state index contributed by atoms with van der Waals surface area (Å²) in [5.41, 5.74) is 1.17. The van der Waals surface area contributed by atoms with Crippen molar-refractivity contribution in [3.8, 4) is 5.75 Å². The van der Waals surface area contributed by atoms with Gasteiger partial charge in [0.05, 0.1) is 17.9 Å². The number of carbonyl (C=O) groups excluding carboxylic acids is 2. The SMILES string of the molecule is CC(C)(C)OC(=O)N1C(=O)C(=Cc2cc(Cl)ccc2OCC2CCOCC2)c2ccc(Cl)cc21. The first kappa shape index (κ1) is 24.6. The van der Waals surface area contributed by atoms with Crippen molar-refractivity contribution in [1.29, 1.82) is 0 Å². The van der Waals surface area contributed by atoms with Crippen LogP contribution in [0.1, 0.15) is 44.7 Å². The summed E-state index contributed by atoms with van der Waals surface area (Å²) in [5, 5.41) is 0.917. The molecule has 6 nitrogen and oxygen atoms in total. The lowest BCUT2D eigenvalue weighted by Crippen LogP contribution is -2.38. The van der Waals surface area contributed by atoms with E-state index in [1.807, 2.05) is 0 Å². The van der Waals surface area contributed by atoms with Crippen LogP contribution in [0, 0.1) is 5.92 Å². The molecule has 180 valence electrons. The number of carbonyl (C=O) groups is 2. The average molecular weight is 504 g/mol. The second-order valence-electron chi connectivity index (χ2n) is 9.39. The standard InChI is InChI=1S/C26H27Cl2NO5/c1-26(2,3)34-25(31)29-22-14-19(28)4-6-20(22)21(24(29)30)13-17-12-18(27)5-7-23(17)33-15-16-8-10-32-11-9-16/h4-7,12-14,16H,8-11,15H2,1-3H3. The molecule has 1 fully saturated rings. The zero-order valence-electron chi connectivity index (χ0n) is 19.4. The van der Waals surface area contributed by atoms with Gasteiger partial charge in [0.1, 0.15) is 11.4 Å². The van der Waals surface area contributed by atoms with Crippen molar-refractivity contribution in [2.75, 3.05) is 24.7 Å². The van der Waals surface area contributed by atoms with Gasteiger partial charge < -0.3 is 14.2 Å². The molecule has 8 heteroatoms. The van der Waals surface area contributed by atoms with Gasteiger partial charge in [0, 0.05) is 34.4 Å². The van der Waals surface area contributed by atoms with E-state index in [4.69, 9.17) is 37.4 Å². The van der Waals surface area contributed by atoms with Gasteiger partial charge in [-0.2, -0.15) is 0 Å². The Hall–Kier alpha value is -2.54. The lowest BCUT2D eigenvalue weighted by Gasteiger charge is -2.23. The highest BCUT2D eigenvalue weighted by molar-refractivity contribution is 6.42. The van der Waals surface area contributed by atoms with E-state index in [-0.39, 0.29) is 0 Å². The molecular formula is C26H27Cl2NO5. The van der Waals surface area contributed by atoms with Crippen molar-refractivity contribution in [2.45, 2.75) is 39.2 Å². The van der Waals surface area contributed by atoms with Crippen molar-refractivity contribution in [1.82, 2.24) is 0 Å². The van der Waals surface area contributed by atoms with Crippen LogP contribution in [-0.2, 0) is 14.3 Å². The van der Waals surface area contributed by atoms with Crippen molar-refractivity contribution in [2.24, 2.45) is 5.92 Å². The molecule has 4 rings (SSSR count). The molecule has 2 amide bonds. The third-order valence-corrected chi connectivity index (χ3v) is 6.06. The Bertz CT molecular complexity index is 1130. The monoisotopic (exact) mass is 503 g/mol. The largest absolute Gasteiger partial charge is 0.493 e. The van der Waals surface area contributed by atoms with E-state index in [1.165, 1.54) is 0 Å². The van der Waals surface area contributed by atoms with Gasteiger partial charge in [0.2, 0.25) is 0 Å². The summed E-state index contributed by atoms with van der Waals surface area (Å²) in [6, 6.07) is 10.3. The van der Waals surface area contributed by atoms with E-state index >= 15 is 0 Å². The molecule has 0 N–H and O–H groups in total. The van der Waals surface area contributed by atoms with E-state index in [0.717, 1.165) is 31.0 Å². The van der Waals surface area contributed by atoms with E-state index in [2.05, 4.69) is 0 Å². The zero-order chi connectivity index (χ0) is 24.5. The molecule has 1 saturated heterocycles. The number of hydrogen-bond donors (Lipinski definition) is 0. The van der Waals surface area contributed by atoms with Gasteiger partial charge in [0.25, 0.3) is 5.91 Å². The summed E-state index contributed by atoms with van der Waals surface area (Å²) in [7, 11) is 0. The predicted octanol–water partition coefficient (Wildman–Crippen LogP) is 6.62. The molecule has 0 radical (unpaired) electrons. The normalized spacial score (nSPS) is 17.7. The van der Waals surface area contributed by atoms with E-state index < -0.39 is 17.6 Å². The molecule has 0 aromatic heterocycles. The van der Waals surface area contributed by atoms with Crippen LogP contribution in [0.25, 0.3) is 11.6 Å². The first-order chi connectivity index (χ1) is 16.1. The molecule has 34 heavy (non-hydrogen) atoms. The second kappa shape index (κ2) is 9.98. The summed E-state index contributed by atoms with van der Waals surface area (Å²) in [6.07, 6.45) is 2.83. The van der Waals surface area contributed by atoms with Gasteiger partial charge in [0.15, 0.2) is 0 Å². The first-order valence-electron chi connectivity index (χ1n) is 11.2. The second-order valence-corrected chi connectivity index (χ2v) is 10.3. The fraction of sp³-hybridized carbons (Fsp3) is 0.385. The quantitative estimate of drug-likeness (QED) is 0.438. The minimum absolute atomic E-state index is 0.329. The summed E-state index contributed by atoms with van der Waals surface area (Å²) in [4.78, 5) is 27.4. The topological polar surface area (TPSA) is 65.1 Å². The maximum absolute atomic E-state index is 13.4. The Labute approximate surface area is 209 Å². The maximum Gasteiger partial charge on any atom is 0.422 e. The highest BCUT2D eigenvalue weighted by atomic mass is 35.5. The molecule has 2 heterocycles. The van der Waals surface area contributed by atoms with Gasteiger partial charge in [-0.3, -0.25) is 4.79 Å². The molecule has 0 saturated carbocycles. The molecule has 0 bridgehead atoms. The van der Waals surface area contributed by atoms with Crippen LogP contribution >= 0.6 is 23.2 Å². The number of nitrogens with zero attached hydrogens (tertiary/aromatic N) is 1. The van der Waals surface area contributed by atoms with Crippen LogP contribution in [0.15, 0.2) is 36.4 Å². The summed E-state index contributed by atoms with van der Waals surface area (Å²) < 4.78 is 17.0. The van der Waals surface area contributed by atoms with E-state index in [9.17, 15) is 9.59 Å². The molecule has 0 spiro atoms. The molecule has 2 aromatic rings. The van der Waals surface area contributed by atoms with Crippen molar-refractivity contribution in [3.05, 3.63) is 57.6 Å². The predicted molar refractivity (Wildman–Crippen MR) is 134 cm³/mol. The summed E-state index contributed by atoms with van der Waals surface area (Å²) in [5.74, 6) is 0.521. The first-order valence-corrected chi connectivity index (χ1v) is 12.0. The molecule has 0 unspecified atom stereocenters. The third-order valence-electron chi connectivity index (χ3n) is 5.59. The number of ether oxygens (including phenoxy) is 3. The molecule has 2 aliphatic heterocycles. The Morgan fingerprint density at radius 3 is 2.50 bits per heavy atom. The number of benzene rings is 2. The number of amides is 2. The number of fused-ring (bicyclic) bond motifs is 1. The molecular weight excluding hydrogens is 477 g/mol. The average Bonchev–Trinajstić information content (AvgIpc) is 3.03. The number of anilines is 1. The van der Waals surface area contributed by atoms with Crippen LogP contribution < -0.4 is 9.64 Å². The van der Waals surface area contributed by atoms with Crippen molar-refractivity contribution < 1.29 is 23.8 Å². The van der Waals surface area contributed by atoms with Gasteiger partial charge in [-0.25, -0.2) is 9.69 Å². The molecule has 0 atom stereocenters. The van der Waals surface area contributed by atoms with Crippen LogP contribution in [0.2, 0.25) is 10.0 Å². The van der Waals surface area contributed by atoms with Crippen LogP contribution in [0.5, 0.6) is 5.75 Å². The number of rotatable bonds is 4. The van der Waals surface area contributed by atoms with Crippen LogP contribution in [0.4, 0.5) is 10.5 Å². The fourth-order valence-electron chi connectivity index (χ4n) is 3.93. The fourth-order valence-corrected chi connectivity index (χ4v) is 4.28. The highest BCUT2D eigenvalue weighted by Gasteiger charge is 2.39. The zero-order valence-corrected chi connectivity index (χ0v) is 20.9. The molecule has 2 aromatic carbocycles. The smallest absolute Gasteiger partial charge is 0.422 e. The number of halogens is 2. The summed E-state index contributed by atoms with van der Waals surface area (Å²) >= 11 is 12.5. The number of hydrogen-bond acceptors (Lipinski definition) is 5. The Morgan fingerprint density at radius 1 is 1.12 bits per heavy atom. The van der Waals surface area contributed by atoms with Gasteiger partial charge in [-0.1, -0.05) is 29.3 Å². The lowest BCUT2D eigenvalue weighted by atomic mass is 10.0. The lowest BCUT2D eigenvalue weighted by molar-refractivity contribution is -0.112. The van der Waals surface area contributed by atoms with Gasteiger partial charge in [-0.15, -0.1) is 0 Å². The Balaban J connectivity index is 1.69. The molecule has 0 aliphatic carbocycles. The van der Waals surface area contributed by atoms with Crippen LogP contribution in [0.3, 0.4) is 0 Å². The minimum Gasteiger partial charge on any atom is -0.493 e. The summed E-state index contributed by atoms with van der Waals surface area (Å²) in [6.45, 7) is 7.25. The van der Waals surface area contributed by atoms with Gasteiger partial charge >= 0.3 is 6.09 Å². The third kappa shape index (κ3) is 5.57. The van der Waals surface area contributed by atoms with E-state index in [1.54, 1.807) is 63.2 Å². The van der Waals surface area contributed by atoms with E-state index in [0.29, 0.717) is 50.7 Å². The van der Waals surface area contributed by atoms with Gasteiger partial charge in [-0.05, 0) is 75.9 Å². The Morgan fingerprint density at radius 2 is 1.79 bits per heavy atom.